The monoisotopic (exact) mass is 309 g/mol. The lowest BCUT2D eigenvalue weighted by Gasteiger charge is -2.23. The Labute approximate surface area is 129 Å². The largest absolute Gasteiger partial charge is 0.338 e. The molecule has 0 atom stereocenters. The molecule has 0 unspecified atom stereocenters. The Kier molecular flexibility index (Phi) is 5.74. The second-order valence-corrected chi connectivity index (χ2v) is 5.46. The average molecular weight is 309 g/mol. The molecule has 0 aromatic rings. The van der Waals surface area contributed by atoms with Crippen LogP contribution >= 0.6 is 0 Å². The lowest BCUT2D eigenvalue weighted by atomic mass is 10.1. The lowest BCUT2D eigenvalue weighted by Crippen LogP contribution is -2.44. The third-order valence-electron chi connectivity index (χ3n) is 3.75. The summed E-state index contributed by atoms with van der Waals surface area (Å²) in [6.07, 6.45) is 2.31. The molecule has 122 valence electrons. The molecule has 0 bridgehead atoms. The number of nitrogens with one attached hydrogen (secondary N) is 2. The van der Waals surface area contributed by atoms with E-state index >= 15 is 0 Å². The van der Waals surface area contributed by atoms with Crippen LogP contribution < -0.4 is 10.7 Å². The van der Waals surface area contributed by atoms with Crippen molar-refractivity contribution in [2.24, 2.45) is 5.10 Å². The van der Waals surface area contributed by atoms with Gasteiger partial charge in [0.15, 0.2) is 0 Å². The first-order valence-electron chi connectivity index (χ1n) is 7.79. The molecule has 0 aromatic heterocycles. The summed E-state index contributed by atoms with van der Waals surface area (Å²) in [7, 11) is 0. The first-order chi connectivity index (χ1) is 10.6. The molecule has 0 aliphatic carbocycles. The second kappa shape index (κ2) is 7.77. The molecule has 4 amide bonds. The summed E-state index contributed by atoms with van der Waals surface area (Å²) >= 11 is 0. The smallest absolute Gasteiger partial charge is 0.317 e. The van der Waals surface area contributed by atoms with Gasteiger partial charge >= 0.3 is 6.03 Å². The topological polar surface area (TPSA) is 94.1 Å². The fourth-order valence-corrected chi connectivity index (χ4v) is 2.48. The fourth-order valence-electron chi connectivity index (χ4n) is 2.48. The van der Waals surface area contributed by atoms with E-state index in [-0.39, 0.29) is 17.8 Å². The van der Waals surface area contributed by atoms with Crippen LogP contribution in [-0.4, -0.2) is 66.1 Å². The van der Waals surface area contributed by atoms with Crippen molar-refractivity contribution in [1.29, 1.82) is 0 Å². The highest BCUT2D eigenvalue weighted by molar-refractivity contribution is 6.39. The summed E-state index contributed by atoms with van der Waals surface area (Å²) in [5.74, 6) is -0.304. The molecule has 2 heterocycles. The molecule has 2 rings (SSSR count). The van der Waals surface area contributed by atoms with Gasteiger partial charge < -0.3 is 15.1 Å². The summed E-state index contributed by atoms with van der Waals surface area (Å²) in [5.41, 5.74) is 2.74. The number of rotatable bonds is 3. The van der Waals surface area contributed by atoms with Gasteiger partial charge in [0.05, 0.1) is 0 Å². The Morgan fingerprint density at radius 2 is 1.91 bits per heavy atom. The zero-order valence-electron chi connectivity index (χ0n) is 12.9. The fraction of sp³-hybridized carbons (Fsp3) is 0.714. The van der Waals surface area contributed by atoms with Crippen molar-refractivity contribution in [3.63, 3.8) is 0 Å². The van der Waals surface area contributed by atoms with Crippen LogP contribution in [0.25, 0.3) is 0 Å². The highest BCUT2D eigenvalue weighted by atomic mass is 16.2. The van der Waals surface area contributed by atoms with E-state index in [9.17, 15) is 14.4 Å². The van der Waals surface area contributed by atoms with Crippen molar-refractivity contribution >= 4 is 23.6 Å². The van der Waals surface area contributed by atoms with E-state index in [4.69, 9.17) is 0 Å². The van der Waals surface area contributed by atoms with Gasteiger partial charge in [0.1, 0.15) is 5.71 Å². The summed E-state index contributed by atoms with van der Waals surface area (Å²) in [5, 5.41) is 6.70. The van der Waals surface area contributed by atoms with Crippen LogP contribution in [0.3, 0.4) is 0 Å². The van der Waals surface area contributed by atoms with Crippen molar-refractivity contribution in [2.75, 3.05) is 32.7 Å². The van der Waals surface area contributed by atoms with Crippen LogP contribution in [0.5, 0.6) is 0 Å². The highest BCUT2D eigenvalue weighted by Gasteiger charge is 2.26. The van der Waals surface area contributed by atoms with Gasteiger partial charge in [0.25, 0.3) is 5.91 Å². The number of hydrazone groups is 1. The molecule has 1 fully saturated rings. The first kappa shape index (κ1) is 16.3. The predicted octanol–water partition coefficient (Wildman–Crippen LogP) is -0.0937. The van der Waals surface area contributed by atoms with Gasteiger partial charge in [-0.05, 0) is 12.8 Å². The van der Waals surface area contributed by atoms with Crippen molar-refractivity contribution in [2.45, 2.75) is 32.6 Å². The molecule has 8 heteroatoms. The van der Waals surface area contributed by atoms with Crippen LogP contribution in [-0.2, 0) is 9.59 Å². The molecule has 22 heavy (non-hydrogen) atoms. The Morgan fingerprint density at radius 3 is 2.59 bits per heavy atom. The lowest BCUT2D eigenvalue weighted by molar-refractivity contribution is -0.124. The van der Waals surface area contributed by atoms with Gasteiger partial charge in [-0.2, -0.15) is 5.10 Å². The van der Waals surface area contributed by atoms with E-state index in [2.05, 4.69) is 15.8 Å². The molecular formula is C14H23N5O3. The van der Waals surface area contributed by atoms with E-state index < -0.39 is 0 Å². The van der Waals surface area contributed by atoms with E-state index in [1.807, 2.05) is 6.92 Å². The summed E-state index contributed by atoms with van der Waals surface area (Å²) < 4.78 is 0. The molecule has 8 nitrogen and oxygen atoms in total. The van der Waals surface area contributed by atoms with Gasteiger partial charge in [0, 0.05) is 45.6 Å². The molecule has 2 aliphatic rings. The standard InChI is InChI=1S/C14H23N5O3/c1-2-6-15-14(22)19-8-3-7-18(9-10-19)13(21)11-4-5-12(20)17-16-11/h2-10H2,1H3,(H,15,22)(H,17,20). The van der Waals surface area contributed by atoms with Crippen molar-refractivity contribution in [3.8, 4) is 0 Å². The van der Waals surface area contributed by atoms with E-state index in [0.29, 0.717) is 51.3 Å². The molecule has 0 radical (unpaired) electrons. The molecule has 0 spiro atoms. The maximum Gasteiger partial charge on any atom is 0.317 e. The molecule has 0 aromatic carbocycles. The molecule has 2 aliphatic heterocycles. The van der Waals surface area contributed by atoms with Gasteiger partial charge in [-0.1, -0.05) is 6.92 Å². The molecule has 0 saturated carbocycles. The van der Waals surface area contributed by atoms with Gasteiger partial charge in [-0.15, -0.1) is 0 Å². The first-order valence-corrected chi connectivity index (χ1v) is 7.79. The number of urea groups is 1. The van der Waals surface area contributed by atoms with E-state index in [1.165, 1.54) is 0 Å². The molecule has 1 saturated heterocycles. The minimum Gasteiger partial charge on any atom is -0.338 e. The van der Waals surface area contributed by atoms with Crippen LogP contribution in [0.2, 0.25) is 0 Å². The Balaban J connectivity index is 1.88. The number of hydrogen-bond donors (Lipinski definition) is 2. The van der Waals surface area contributed by atoms with Crippen LogP contribution in [0.1, 0.15) is 32.6 Å². The van der Waals surface area contributed by atoms with Crippen molar-refractivity contribution < 1.29 is 14.4 Å². The van der Waals surface area contributed by atoms with Crippen LogP contribution in [0, 0.1) is 0 Å². The average Bonchev–Trinajstić information content (AvgIpc) is 2.78. The maximum absolute atomic E-state index is 12.4. The summed E-state index contributed by atoms with van der Waals surface area (Å²) in [6.45, 7) is 4.92. The second-order valence-electron chi connectivity index (χ2n) is 5.46. The minimum absolute atomic E-state index is 0.0709. The minimum atomic E-state index is -0.161. The number of amides is 4. The zero-order valence-corrected chi connectivity index (χ0v) is 12.9. The Bertz CT molecular complexity index is 477. The third kappa shape index (κ3) is 4.19. The number of nitrogens with zero attached hydrogens (tertiary/aromatic N) is 3. The van der Waals surface area contributed by atoms with Crippen molar-refractivity contribution in [3.05, 3.63) is 0 Å². The van der Waals surface area contributed by atoms with E-state index in [1.54, 1.807) is 9.80 Å². The van der Waals surface area contributed by atoms with Gasteiger partial charge in [0.2, 0.25) is 5.91 Å². The number of hydrogen-bond acceptors (Lipinski definition) is 4. The molecular weight excluding hydrogens is 286 g/mol. The maximum atomic E-state index is 12.4. The Morgan fingerprint density at radius 1 is 1.18 bits per heavy atom. The predicted molar refractivity (Wildman–Crippen MR) is 81.3 cm³/mol. The zero-order chi connectivity index (χ0) is 15.9. The van der Waals surface area contributed by atoms with Gasteiger partial charge in [-0.3, -0.25) is 9.59 Å². The van der Waals surface area contributed by atoms with Gasteiger partial charge in [-0.25, -0.2) is 10.2 Å². The summed E-state index contributed by atoms with van der Waals surface area (Å²) in [4.78, 5) is 38.9. The van der Waals surface area contributed by atoms with Crippen LogP contribution in [0.15, 0.2) is 5.10 Å². The van der Waals surface area contributed by atoms with Crippen LogP contribution in [0.4, 0.5) is 4.79 Å². The normalized spacial score (nSPS) is 19.1. The van der Waals surface area contributed by atoms with E-state index in [0.717, 1.165) is 12.8 Å². The SMILES string of the molecule is CCCNC(=O)N1CCCN(C(=O)C2=NNC(=O)CC2)CC1. The Hall–Kier alpha value is -2.12. The highest BCUT2D eigenvalue weighted by Crippen LogP contribution is 2.08. The number of carbonyl (C=O) groups excluding carboxylic acids is 3. The summed E-state index contributed by atoms with van der Waals surface area (Å²) in [6, 6.07) is -0.0709. The molecule has 2 N–H and O–H groups in total. The third-order valence-corrected chi connectivity index (χ3v) is 3.75. The number of carbonyl (C=O) groups is 3. The van der Waals surface area contributed by atoms with Crippen molar-refractivity contribution in [1.82, 2.24) is 20.5 Å². The quantitative estimate of drug-likeness (QED) is 0.762.